The van der Waals surface area contributed by atoms with Gasteiger partial charge in [-0.15, -0.1) is 0 Å². The molecular formula is C26H29N5O. The molecule has 1 unspecified atom stereocenters. The van der Waals surface area contributed by atoms with Gasteiger partial charge in [-0.05, 0) is 42.3 Å². The van der Waals surface area contributed by atoms with Gasteiger partial charge in [-0.1, -0.05) is 48.5 Å². The van der Waals surface area contributed by atoms with Crippen molar-refractivity contribution >= 4 is 11.0 Å². The quantitative estimate of drug-likeness (QED) is 0.490. The highest BCUT2D eigenvalue weighted by Gasteiger charge is 2.26. The van der Waals surface area contributed by atoms with Crippen LogP contribution < -0.4 is 5.69 Å². The van der Waals surface area contributed by atoms with E-state index in [2.05, 4.69) is 56.2 Å². The number of piperazine rings is 1. The van der Waals surface area contributed by atoms with Gasteiger partial charge < -0.3 is 9.88 Å². The molecule has 0 saturated carbocycles. The number of hydrogen-bond acceptors (Lipinski definition) is 4. The second-order valence-corrected chi connectivity index (χ2v) is 8.43. The third-order valence-electron chi connectivity index (χ3n) is 6.43. The highest BCUT2D eigenvalue weighted by atomic mass is 16.1. The zero-order valence-corrected chi connectivity index (χ0v) is 18.2. The van der Waals surface area contributed by atoms with E-state index < -0.39 is 0 Å². The molecule has 0 bridgehead atoms. The van der Waals surface area contributed by atoms with Gasteiger partial charge in [-0.25, -0.2) is 4.79 Å². The molecule has 1 aliphatic heterocycles. The standard InChI is InChI=1S/C26H29N5O/c32-26-28-23-11-4-5-12-24(23)31(26)15-7-14-29-16-18-30(19-17-29)25(21-8-2-1-3-9-21)22-10-6-13-27-20-22/h1-6,8-13,20,25H,7,14-19H2,(H,28,32). The number of benzene rings is 2. The van der Waals surface area contributed by atoms with Crippen molar-refractivity contribution in [2.24, 2.45) is 0 Å². The Morgan fingerprint density at radius 1 is 0.844 bits per heavy atom. The first-order valence-electron chi connectivity index (χ1n) is 11.4. The molecule has 4 aromatic rings. The molecule has 32 heavy (non-hydrogen) atoms. The predicted molar refractivity (Wildman–Crippen MR) is 128 cm³/mol. The van der Waals surface area contributed by atoms with Crippen molar-refractivity contribution < 1.29 is 0 Å². The van der Waals surface area contributed by atoms with Crippen LogP contribution in [0.5, 0.6) is 0 Å². The van der Waals surface area contributed by atoms with E-state index in [0.29, 0.717) is 0 Å². The van der Waals surface area contributed by atoms with Crippen LogP contribution in [0.2, 0.25) is 0 Å². The van der Waals surface area contributed by atoms with Crippen molar-refractivity contribution in [3.05, 3.63) is 101 Å². The molecule has 2 aromatic heterocycles. The second-order valence-electron chi connectivity index (χ2n) is 8.43. The van der Waals surface area contributed by atoms with E-state index in [1.807, 2.05) is 47.3 Å². The number of rotatable bonds is 7. The molecule has 1 aliphatic rings. The number of fused-ring (bicyclic) bond motifs is 1. The van der Waals surface area contributed by atoms with Gasteiger partial charge in [0.25, 0.3) is 0 Å². The lowest BCUT2D eigenvalue weighted by atomic mass is 9.97. The zero-order chi connectivity index (χ0) is 21.8. The van der Waals surface area contributed by atoms with Crippen molar-refractivity contribution in [2.45, 2.75) is 19.0 Å². The average Bonchev–Trinajstić information content (AvgIpc) is 3.17. The Bertz CT molecular complexity index is 1150. The number of aromatic nitrogens is 3. The molecule has 1 fully saturated rings. The van der Waals surface area contributed by atoms with E-state index in [9.17, 15) is 4.79 Å². The summed E-state index contributed by atoms with van der Waals surface area (Å²) in [6.45, 7) is 5.84. The Morgan fingerprint density at radius 2 is 1.59 bits per heavy atom. The fraction of sp³-hybridized carbons (Fsp3) is 0.308. The van der Waals surface area contributed by atoms with Gasteiger partial charge in [0.2, 0.25) is 0 Å². The van der Waals surface area contributed by atoms with E-state index in [0.717, 1.165) is 56.7 Å². The molecule has 1 saturated heterocycles. The minimum absolute atomic E-state index is 0.0156. The van der Waals surface area contributed by atoms with Crippen molar-refractivity contribution in [1.29, 1.82) is 0 Å². The maximum absolute atomic E-state index is 12.3. The molecule has 1 atom stereocenters. The largest absolute Gasteiger partial charge is 0.326 e. The van der Waals surface area contributed by atoms with Crippen LogP contribution in [-0.4, -0.2) is 57.1 Å². The van der Waals surface area contributed by atoms with Crippen LogP contribution >= 0.6 is 0 Å². The minimum atomic E-state index is -0.0156. The SMILES string of the molecule is O=c1[nH]c2ccccc2n1CCCN1CCN(C(c2ccccc2)c2cccnc2)CC1. The first-order chi connectivity index (χ1) is 15.8. The number of aryl methyl sites for hydroxylation is 1. The summed E-state index contributed by atoms with van der Waals surface area (Å²) in [4.78, 5) is 24.7. The van der Waals surface area contributed by atoms with E-state index >= 15 is 0 Å². The van der Waals surface area contributed by atoms with Crippen molar-refractivity contribution in [2.75, 3.05) is 32.7 Å². The highest BCUT2D eigenvalue weighted by Crippen LogP contribution is 2.29. The van der Waals surface area contributed by atoms with Gasteiger partial charge in [0.05, 0.1) is 17.1 Å². The summed E-state index contributed by atoms with van der Waals surface area (Å²) in [7, 11) is 0. The lowest BCUT2D eigenvalue weighted by Gasteiger charge is -2.39. The monoisotopic (exact) mass is 427 g/mol. The molecule has 5 rings (SSSR count). The van der Waals surface area contributed by atoms with E-state index in [-0.39, 0.29) is 11.7 Å². The molecule has 164 valence electrons. The minimum Gasteiger partial charge on any atom is -0.306 e. The van der Waals surface area contributed by atoms with Crippen molar-refractivity contribution in [1.82, 2.24) is 24.3 Å². The molecule has 0 aliphatic carbocycles. The third kappa shape index (κ3) is 4.38. The molecular weight excluding hydrogens is 398 g/mol. The van der Waals surface area contributed by atoms with Gasteiger partial charge in [-0.3, -0.25) is 14.5 Å². The summed E-state index contributed by atoms with van der Waals surface area (Å²) < 4.78 is 1.86. The van der Waals surface area contributed by atoms with Gasteiger partial charge in [0.1, 0.15) is 0 Å². The van der Waals surface area contributed by atoms with Crippen LogP contribution in [0.3, 0.4) is 0 Å². The molecule has 0 amide bonds. The normalized spacial score (nSPS) is 16.4. The molecule has 0 radical (unpaired) electrons. The highest BCUT2D eigenvalue weighted by molar-refractivity contribution is 5.74. The van der Waals surface area contributed by atoms with Crippen LogP contribution in [0.25, 0.3) is 11.0 Å². The van der Waals surface area contributed by atoms with Gasteiger partial charge in [0.15, 0.2) is 0 Å². The molecule has 6 heteroatoms. The molecule has 6 nitrogen and oxygen atoms in total. The summed E-state index contributed by atoms with van der Waals surface area (Å²) in [5, 5.41) is 0. The van der Waals surface area contributed by atoms with Gasteiger partial charge >= 0.3 is 5.69 Å². The molecule has 3 heterocycles. The van der Waals surface area contributed by atoms with Gasteiger partial charge in [-0.2, -0.15) is 0 Å². The fourth-order valence-corrected chi connectivity index (χ4v) is 4.81. The number of nitrogens with one attached hydrogen (secondary N) is 1. The lowest BCUT2D eigenvalue weighted by molar-refractivity contribution is 0.107. The Kier molecular flexibility index (Phi) is 6.14. The number of hydrogen-bond donors (Lipinski definition) is 1. The first kappa shape index (κ1) is 20.7. The summed E-state index contributed by atoms with van der Waals surface area (Å²) in [6, 6.07) is 23.1. The van der Waals surface area contributed by atoms with Crippen LogP contribution in [0.1, 0.15) is 23.6 Å². The van der Waals surface area contributed by atoms with Crippen molar-refractivity contribution in [3.8, 4) is 0 Å². The summed E-state index contributed by atoms with van der Waals surface area (Å²) in [5.74, 6) is 0. The number of imidazole rings is 1. The van der Waals surface area contributed by atoms with Gasteiger partial charge in [0, 0.05) is 45.1 Å². The number of para-hydroxylation sites is 2. The molecule has 2 aromatic carbocycles. The maximum Gasteiger partial charge on any atom is 0.326 e. The zero-order valence-electron chi connectivity index (χ0n) is 18.2. The summed E-state index contributed by atoms with van der Waals surface area (Å²) in [5.41, 5.74) is 4.44. The average molecular weight is 428 g/mol. The summed E-state index contributed by atoms with van der Waals surface area (Å²) in [6.07, 6.45) is 4.79. The fourth-order valence-electron chi connectivity index (χ4n) is 4.81. The van der Waals surface area contributed by atoms with Crippen LogP contribution in [0.15, 0.2) is 83.9 Å². The predicted octanol–water partition coefficient (Wildman–Crippen LogP) is 3.52. The third-order valence-corrected chi connectivity index (χ3v) is 6.43. The Hall–Kier alpha value is -3.22. The van der Waals surface area contributed by atoms with Crippen LogP contribution in [0, 0.1) is 0 Å². The van der Waals surface area contributed by atoms with Crippen molar-refractivity contribution in [3.63, 3.8) is 0 Å². The number of H-pyrrole nitrogens is 1. The molecule has 1 N–H and O–H groups in total. The number of aromatic amines is 1. The Balaban J connectivity index is 1.20. The van der Waals surface area contributed by atoms with Crippen LogP contribution in [0.4, 0.5) is 0 Å². The first-order valence-corrected chi connectivity index (χ1v) is 11.4. The van der Waals surface area contributed by atoms with E-state index in [1.54, 1.807) is 0 Å². The molecule has 0 spiro atoms. The Morgan fingerprint density at radius 3 is 2.38 bits per heavy atom. The topological polar surface area (TPSA) is 57.2 Å². The smallest absolute Gasteiger partial charge is 0.306 e. The number of pyridine rings is 1. The van der Waals surface area contributed by atoms with E-state index in [1.165, 1.54) is 11.1 Å². The number of nitrogens with zero attached hydrogens (tertiary/aromatic N) is 4. The Labute approximate surface area is 188 Å². The van der Waals surface area contributed by atoms with E-state index in [4.69, 9.17) is 0 Å². The van der Waals surface area contributed by atoms with Crippen LogP contribution in [-0.2, 0) is 6.54 Å². The second kappa shape index (κ2) is 9.51. The maximum atomic E-state index is 12.3. The summed E-state index contributed by atoms with van der Waals surface area (Å²) >= 11 is 0. The lowest BCUT2D eigenvalue weighted by Crippen LogP contribution is -2.48.